The number of halogens is 3. The first kappa shape index (κ1) is 15.3. The highest BCUT2D eigenvalue weighted by molar-refractivity contribution is 5.81. The van der Waals surface area contributed by atoms with Crippen LogP contribution in [0.15, 0.2) is 24.3 Å². The Bertz CT molecular complexity index is 474. The molecular formula is C12H14F3NO3. The smallest absolute Gasteiger partial charge is 0.421 e. The van der Waals surface area contributed by atoms with E-state index < -0.39 is 23.2 Å². The number of aliphatic carboxylic acids is 1. The lowest BCUT2D eigenvalue weighted by Crippen LogP contribution is -2.56. The van der Waals surface area contributed by atoms with Crippen molar-refractivity contribution in [2.75, 3.05) is 0 Å². The number of hydrogen-bond acceptors (Lipinski definition) is 3. The van der Waals surface area contributed by atoms with Crippen LogP contribution in [0, 0.1) is 0 Å². The molecule has 0 fully saturated rings. The molecule has 0 spiro atoms. The average molecular weight is 277 g/mol. The first-order valence-corrected chi connectivity index (χ1v) is 5.45. The minimum atomic E-state index is -5.12. The van der Waals surface area contributed by atoms with Gasteiger partial charge in [-0.3, -0.25) is 0 Å². The number of nitrogens with two attached hydrogens (primary N) is 1. The topological polar surface area (TPSA) is 72.5 Å². The maximum Gasteiger partial charge on any atom is 0.421 e. The van der Waals surface area contributed by atoms with E-state index in [1.807, 2.05) is 0 Å². The Morgan fingerprint density at radius 2 is 1.95 bits per heavy atom. The lowest BCUT2D eigenvalue weighted by Gasteiger charge is -2.28. The molecule has 106 valence electrons. The zero-order valence-corrected chi connectivity index (χ0v) is 10.4. The first-order valence-electron chi connectivity index (χ1n) is 5.45. The van der Waals surface area contributed by atoms with Gasteiger partial charge in [0, 0.05) is 0 Å². The van der Waals surface area contributed by atoms with Crippen LogP contribution in [0.4, 0.5) is 13.2 Å². The highest BCUT2D eigenvalue weighted by atomic mass is 19.4. The molecule has 0 saturated carbocycles. The molecule has 0 aliphatic rings. The predicted octanol–water partition coefficient (Wildman–Crippen LogP) is 2.27. The lowest BCUT2D eigenvalue weighted by atomic mass is 9.90. The lowest BCUT2D eigenvalue weighted by molar-refractivity contribution is -0.204. The third-order valence-electron chi connectivity index (χ3n) is 2.45. The molecule has 0 amide bonds. The molecule has 0 saturated heterocycles. The van der Waals surface area contributed by atoms with Crippen LogP contribution in [0.2, 0.25) is 0 Å². The van der Waals surface area contributed by atoms with Gasteiger partial charge in [0.25, 0.3) is 0 Å². The summed E-state index contributed by atoms with van der Waals surface area (Å²) in [5, 5.41) is 8.81. The van der Waals surface area contributed by atoms with Gasteiger partial charge in [0.2, 0.25) is 5.54 Å². The fourth-order valence-electron chi connectivity index (χ4n) is 1.50. The van der Waals surface area contributed by atoms with Crippen LogP contribution in [-0.4, -0.2) is 23.4 Å². The number of carboxylic acid groups (broad SMARTS) is 1. The van der Waals surface area contributed by atoms with E-state index in [2.05, 4.69) is 0 Å². The van der Waals surface area contributed by atoms with Crippen molar-refractivity contribution >= 4 is 5.97 Å². The molecule has 0 bridgehead atoms. The van der Waals surface area contributed by atoms with Crippen LogP contribution >= 0.6 is 0 Å². The third-order valence-corrected chi connectivity index (χ3v) is 2.45. The minimum absolute atomic E-state index is 0.132. The van der Waals surface area contributed by atoms with Crippen molar-refractivity contribution in [3.63, 3.8) is 0 Å². The summed E-state index contributed by atoms with van der Waals surface area (Å²) in [6.07, 6.45) is -5.37. The van der Waals surface area contributed by atoms with Crippen molar-refractivity contribution in [2.24, 2.45) is 5.73 Å². The number of hydrogen-bond donors (Lipinski definition) is 2. The Morgan fingerprint density at radius 3 is 2.37 bits per heavy atom. The molecule has 0 aromatic heterocycles. The zero-order valence-electron chi connectivity index (χ0n) is 10.4. The van der Waals surface area contributed by atoms with Crippen molar-refractivity contribution in [3.05, 3.63) is 29.8 Å². The average Bonchev–Trinajstić information content (AvgIpc) is 2.25. The number of rotatable bonds is 4. The van der Waals surface area contributed by atoms with Crippen LogP contribution in [-0.2, 0) is 10.3 Å². The van der Waals surface area contributed by atoms with Crippen molar-refractivity contribution in [3.8, 4) is 5.75 Å². The van der Waals surface area contributed by atoms with Crippen molar-refractivity contribution < 1.29 is 27.8 Å². The van der Waals surface area contributed by atoms with E-state index in [1.54, 1.807) is 13.8 Å². The second kappa shape index (κ2) is 5.08. The summed E-state index contributed by atoms with van der Waals surface area (Å²) < 4.78 is 43.9. The van der Waals surface area contributed by atoms with Gasteiger partial charge >= 0.3 is 12.1 Å². The summed E-state index contributed by atoms with van der Waals surface area (Å²) in [5.41, 5.74) is 1.03. The van der Waals surface area contributed by atoms with Crippen LogP contribution in [0.1, 0.15) is 19.4 Å². The minimum Gasteiger partial charge on any atom is -0.491 e. The van der Waals surface area contributed by atoms with Crippen molar-refractivity contribution in [2.45, 2.75) is 31.7 Å². The summed E-state index contributed by atoms with van der Waals surface area (Å²) in [7, 11) is 0. The van der Waals surface area contributed by atoms with E-state index in [0.29, 0.717) is 0 Å². The molecule has 1 aromatic rings. The van der Waals surface area contributed by atoms with E-state index >= 15 is 0 Å². The fourth-order valence-corrected chi connectivity index (χ4v) is 1.50. The molecule has 1 rings (SSSR count). The quantitative estimate of drug-likeness (QED) is 0.885. The summed E-state index contributed by atoms with van der Waals surface area (Å²) in [6, 6.07) is 4.70. The highest BCUT2D eigenvalue weighted by Crippen LogP contribution is 2.38. The van der Waals surface area contributed by atoms with Gasteiger partial charge in [-0.25, -0.2) is 4.79 Å². The number of carboxylic acids is 1. The highest BCUT2D eigenvalue weighted by Gasteiger charge is 2.59. The predicted molar refractivity (Wildman–Crippen MR) is 61.8 cm³/mol. The van der Waals surface area contributed by atoms with Gasteiger partial charge in [-0.1, -0.05) is 12.1 Å². The second-order valence-corrected chi connectivity index (χ2v) is 4.31. The molecule has 7 heteroatoms. The van der Waals surface area contributed by atoms with Gasteiger partial charge in [0.15, 0.2) is 0 Å². The Morgan fingerprint density at radius 1 is 1.37 bits per heavy atom. The monoisotopic (exact) mass is 277 g/mol. The standard InChI is InChI=1S/C12H14F3NO3/c1-7(2)19-9-5-3-4-8(6-9)11(16,10(17)18)12(13,14)15/h3-7H,16H2,1-2H3,(H,17,18). The number of benzene rings is 1. The van der Waals surface area contributed by atoms with Gasteiger partial charge in [-0.05, 0) is 31.5 Å². The molecule has 1 unspecified atom stereocenters. The van der Waals surface area contributed by atoms with Gasteiger partial charge in [-0.2, -0.15) is 13.2 Å². The summed E-state index contributed by atoms with van der Waals surface area (Å²) in [5.74, 6) is -2.03. The fraction of sp³-hybridized carbons (Fsp3) is 0.417. The normalized spacial score (nSPS) is 15.1. The van der Waals surface area contributed by atoms with Crippen LogP contribution < -0.4 is 10.5 Å². The second-order valence-electron chi connectivity index (χ2n) is 4.31. The van der Waals surface area contributed by atoms with Gasteiger partial charge in [0.1, 0.15) is 5.75 Å². The van der Waals surface area contributed by atoms with E-state index in [4.69, 9.17) is 15.6 Å². The van der Waals surface area contributed by atoms with Gasteiger partial charge in [0.05, 0.1) is 6.10 Å². The number of carbonyl (C=O) groups is 1. The largest absolute Gasteiger partial charge is 0.491 e. The maximum absolute atomic E-state index is 12.9. The van der Waals surface area contributed by atoms with E-state index in [0.717, 1.165) is 12.1 Å². The molecular weight excluding hydrogens is 263 g/mol. The van der Waals surface area contributed by atoms with Crippen LogP contribution in [0.3, 0.4) is 0 Å². The molecule has 0 aliphatic heterocycles. The van der Waals surface area contributed by atoms with E-state index in [9.17, 15) is 18.0 Å². The van der Waals surface area contributed by atoms with Crippen molar-refractivity contribution in [1.29, 1.82) is 0 Å². The van der Waals surface area contributed by atoms with Gasteiger partial charge in [-0.15, -0.1) is 0 Å². The number of ether oxygens (including phenoxy) is 1. The number of alkyl halides is 3. The maximum atomic E-state index is 12.9. The molecule has 1 aromatic carbocycles. The first-order chi connectivity index (χ1) is 8.59. The van der Waals surface area contributed by atoms with Crippen LogP contribution in [0.25, 0.3) is 0 Å². The van der Waals surface area contributed by atoms with E-state index in [1.165, 1.54) is 12.1 Å². The Hall–Kier alpha value is -1.76. The molecule has 19 heavy (non-hydrogen) atoms. The third kappa shape index (κ3) is 2.98. The molecule has 0 radical (unpaired) electrons. The SMILES string of the molecule is CC(C)Oc1cccc(C(N)(C(=O)O)C(F)(F)F)c1. The molecule has 0 aliphatic carbocycles. The Balaban J connectivity index is 3.29. The summed E-state index contributed by atoms with van der Waals surface area (Å²) >= 11 is 0. The molecule has 4 nitrogen and oxygen atoms in total. The summed E-state index contributed by atoms with van der Waals surface area (Å²) in [6.45, 7) is 3.40. The summed E-state index contributed by atoms with van der Waals surface area (Å²) in [4.78, 5) is 10.9. The molecule has 3 N–H and O–H groups in total. The van der Waals surface area contributed by atoms with Crippen molar-refractivity contribution in [1.82, 2.24) is 0 Å². The van der Waals surface area contributed by atoms with Gasteiger partial charge < -0.3 is 15.6 Å². The Labute approximate surface area is 108 Å². The molecule has 0 heterocycles. The zero-order chi connectivity index (χ0) is 14.8. The molecule has 1 atom stereocenters. The van der Waals surface area contributed by atoms with Crippen LogP contribution in [0.5, 0.6) is 5.75 Å². The van der Waals surface area contributed by atoms with E-state index in [-0.39, 0.29) is 11.9 Å². The Kier molecular flexibility index (Phi) is 4.09.